The number of methoxy groups -OCH3 is 1. The Kier molecular flexibility index (Phi) is 14.6. The molecule has 0 N–H and O–H groups in total. The molecule has 0 bridgehead atoms. The van der Waals surface area contributed by atoms with Gasteiger partial charge in [-0.25, -0.2) is 0 Å². The van der Waals surface area contributed by atoms with Gasteiger partial charge in [-0.3, -0.25) is 4.79 Å². The molecule has 0 atom stereocenters. The van der Waals surface area contributed by atoms with Gasteiger partial charge in [-0.2, -0.15) is 0 Å². The Morgan fingerprint density at radius 3 is 1.95 bits per heavy atom. The van der Waals surface area contributed by atoms with E-state index >= 15 is 0 Å². The van der Waals surface area contributed by atoms with Crippen LogP contribution in [0.3, 0.4) is 0 Å². The fraction of sp³-hybridized carbons (Fsp3) is 0.824. The molecule has 0 rings (SSSR count). The number of unbranched alkanes of at least 4 members (excludes halogenated alkanes) is 9. The number of hydrogen-bond acceptors (Lipinski definition) is 2. The Morgan fingerprint density at radius 2 is 1.37 bits per heavy atom. The fourth-order valence-corrected chi connectivity index (χ4v) is 2.09. The zero-order valence-corrected chi connectivity index (χ0v) is 13.0. The number of hydrogen-bond donors (Lipinski definition) is 0. The highest BCUT2D eigenvalue weighted by Crippen LogP contribution is 2.09. The maximum absolute atomic E-state index is 10.9. The van der Waals surface area contributed by atoms with Crippen LogP contribution < -0.4 is 0 Å². The summed E-state index contributed by atoms with van der Waals surface area (Å²) in [6.07, 6.45) is 19.0. The minimum absolute atomic E-state index is 0.0757. The van der Waals surface area contributed by atoms with Crippen molar-refractivity contribution in [2.75, 3.05) is 7.11 Å². The van der Waals surface area contributed by atoms with Crippen molar-refractivity contribution in [2.45, 2.75) is 84.0 Å². The lowest BCUT2D eigenvalue weighted by Crippen LogP contribution is -1.99. The third kappa shape index (κ3) is 15.2. The zero-order valence-electron chi connectivity index (χ0n) is 13.0. The summed E-state index contributed by atoms with van der Waals surface area (Å²) in [4.78, 5) is 10.9. The van der Waals surface area contributed by atoms with Crippen LogP contribution in [-0.4, -0.2) is 13.1 Å². The highest BCUT2D eigenvalue weighted by Gasteiger charge is 1.98. The highest BCUT2D eigenvalue weighted by atomic mass is 16.5. The number of rotatable bonds is 13. The van der Waals surface area contributed by atoms with E-state index < -0.39 is 0 Å². The van der Waals surface area contributed by atoms with Gasteiger partial charge in [0.15, 0.2) is 0 Å². The summed E-state index contributed by atoms with van der Waals surface area (Å²) < 4.78 is 4.61. The summed E-state index contributed by atoms with van der Waals surface area (Å²) in [5.41, 5.74) is 0. The van der Waals surface area contributed by atoms with E-state index in [0.29, 0.717) is 6.42 Å². The average molecular weight is 268 g/mol. The first-order valence-corrected chi connectivity index (χ1v) is 8.03. The fourth-order valence-electron chi connectivity index (χ4n) is 2.09. The van der Waals surface area contributed by atoms with Gasteiger partial charge < -0.3 is 4.74 Å². The number of carbonyl (C=O) groups excluding carboxylic acids is 1. The molecule has 0 saturated carbocycles. The van der Waals surface area contributed by atoms with E-state index in [0.717, 1.165) is 12.8 Å². The van der Waals surface area contributed by atoms with Gasteiger partial charge in [-0.15, -0.1) is 0 Å². The van der Waals surface area contributed by atoms with Gasteiger partial charge in [0.25, 0.3) is 0 Å². The Hall–Kier alpha value is -0.790. The van der Waals surface area contributed by atoms with Crippen LogP contribution in [0.5, 0.6) is 0 Å². The van der Waals surface area contributed by atoms with Gasteiger partial charge in [0.2, 0.25) is 0 Å². The van der Waals surface area contributed by atoms with Crippen molar-refractivity contribution in [2.24, 2.45) is 0 Å². The van der Waals surface area contributed by atoms with Crippen LogP contribution in [0.25, 0.3) is 0 Å². The van der Waals surface area contributed by atoms with Crippen LogP contribution in [0.15, 0.2) is 12.2 Å². The number of esters is 1. The Morgan fingerprint density at radius 1 is 0.842 bits per heavy atom. The van der Waals surface area contributed by atoms with Gasteiger partial charge in [-0.1, -0.05) is 57.6 Å². The minimum Gasteiger partial charge on any atom is -0.469 e. The van der Waals surface area contributed by atoms with E-state index in [1.54, 1.807) is 0 Å². The number of carbonyl (C=O) groups is 1. The monoisotopic (exact) mass is 268 g/mol. The van der Waals surface area contributed by atoms with Crippen molar-refractivity contribution in [1.82, 2.24) is 0 Å². The maximum atomic E-state index is 10.9. The summed E-state index contributed by atoms with van der Waals surface area (Å²) in [6.45, 7) is 2.24. The van der Waals surface area contributed by atoms with Crippen molar-refractivity contribution in [3.63, 3.8) is 0 Å². The van der Waals surface area contributed by atoms with E-state index in [2.05, 4.69) is 23.8 Å². The van der Waals surface area contributed by atoms with E-state index in [9.17, 15) is 4.79 Å². The Labute approximate surface area is 119 Å². The number of allylic oxidation sites excluding steroid dienone is 2. The third-order valence-corrected chi connectivity index (χ3v) is 3.37. The maximum Gasteiger partial charge on any atom is 0.305 e. The average Bonchev–Trinajstić information content (AvgIpc) is 2.43. The van der Waals surface area contributed by atoms with Crippen molar-refractivity contribution in [3.05, 3.63) is 12.2 Å². The SMILES string of the molecule is CCCCC/C=C/CCCCCCCCC(=O)OC. The summed E-state index contributed by atoms with van der Waals surface area (Å²) in [5, 5.41) is 0. The summed E-state index contributed by atoms with van der Waals surface area (Å²) in [7, 11) is 1.46. The smallest absolute Gasteiger partial charge is 0.305 e. The molecule has 0 fully saturated rings. The van der Waals surface area contributed by atoms with E-state index in [4.69, 9.17) is 0 Å². The van der Waals surface area contributed by atoms with Crippen LogP contribution >= 0.6 is 0 Å². The van der Waals surface area contributed by atoms with Gasteiger partial charge in [-0.05, 0) is 32.1 Å². The minimum atomic E-state index is -0.0757. The van der Waals surface area contributed by atoms with E-state index in [-0.39, 0.29) is 5.97 Å². The molecule has 0 aliphatic carbocycles. The molecule has 0 aromatic rings. The number of ether oxygens (including phenoxy) is 1. The molecule has 2 nitrogen and oxygen atoms in total. The molecular formula is C17H32O2. The molecule has 0 radical (unpaired) electrons. The first-order valence-electron chi connectivity index (χ1n) is 8.03. The van der Waals surface area contributed by atoms with Gasteiger partial charge >= 0.3 is 5.97 Å². The molecule has 0 amide bonds. The molecule has 0 aliphatic rings. The van der Waals surface area contributed by atoms with Gasteiger partial charge in [0, 0.05) is 6.42 Å². The first-order chi connectivity index (χ1) is 9.31. The van der Waals surface area contributed by atoms with Crippen LogP contribution in [0.4, 0.5) is 0 Å². The Bertz CT molecular complexity index is 221. The van der Waals surface area contributed by atoms with Crippen LogP contribution in [0, 0.1) is 0 Å². The van der Waals surface area contributed by atoms with E-state index in [1.165, 1.54) is 64.9 Å². The molecule has 112 valence electrons. The summed E-state index contributed by atoms with van der Waals surface area (Å²) in [5.74, 6) is -0.0757. The molecule has 19 heavy (non-hydrogen) atoms. The first kappa shape index (κ1) is 18.2. The molecule has 0 spiro atoms. The summed E-state index contributed by atoms with van der Waals surface area (Å²) >= 11 is 0. The van der Waals surface area contributed by atoms with Crippen molar-refractivity contribution >= 4 is 5.97 Å². The van der Waals surface area contributed by atoms with E-state index in [1.807, 2.05) is 0 Å². The van der Waals surface area contributed by atoms with Crippen LogP contribution in [-0.2, 0) is 9.53 Å². The lowest BCUT2D eigenvalue weighted by atomic mass is 10.1. The Balaban J connectivity index is 3.08. The zero-order chi connectivity index (χ0) is 14.2. The van der Waals surface area contributed by atoms with Crippen molar-refractivity contribution in [1.29, 1.82) is 0 Å². The molecule has 0 unspecified atom stereocenters. The second-order valence-electron chi connectivity index (χ2n) is 5.20. The van der Waals surface area contributed by atoms with Crippen LogP contribution in [0.2, 0.25) is 0 Å². The molecule has 0 saturated heterocycles. The van der Waals surface area contributed by atoms with Crippen molar-refractivity contribution < 1.29 is 9.53 Å². The second kappa shape index (κ2) is 15.3. The topological polar surface area (TPSA) is 26.3 Å². The quantitative estimate of drug-likeness (QED) is 0.253. The largest absolute Gasteiger partial charge is 0.469 e. The predicted octanol–water partition coefficient (Wildman–Crippen LogP) is 5.42. The summed E-state index contributed by atoms with van der Waals surface area (Å²) in [6, 6.07) is 0. The normalized spacial score (nSPS) is 11.1. The lowest BCUT2D eigenvalue weighted by molar-refractivity contribution is -0.140. The molecule has 0 aliphatic heterocycles. The molecule has 2 heteroatoms. The van der Waals surface area contributed by atoms with Crippen molar-refractivity contribution in [3.8, 4) is 0 Å². The lowest BCUT2D eigenvalue weighted by Gasteiger charge is -2.00. The molecule has 0 aromatic carbocycles. The van der Waals surface area contributed by atoms with Crippen LogP contribution in [0.1, 0.15) is 84.0 Å². The molecular weight excluding hydrogens is 236 g/mol. The van der Waals surface area contributed by atoms with Gasteiger partial charge in [0.1, 0.15) is 0 Å². The standard InChI is InChI=1S/C17H32O2/c1-3-4-5-6-7-8-9-10-11-12-13-14-15-16-17(18)19-2/h7-8H,3-6,9-16H2,1-2H3/b8-7+. The second-order valence-corrected chi connectivity index (χ2v) is 5.20. The van der Waals surface area contributed by atoms with Gasteiger partial charge in [0.05, 0.1) is 7.11 Å². The predicted molar refractivity (Wildman–Crippen MR) is 82.2 cm³/mol. The third-order valence-electron chi connectivity index (χ3n) is 3.37. The molecule has 0 heterocycles. The molecule has 0 aromatic heterocycles. The highest BCUT2D eigenvalue weighted by molar-refractivity contribution is 5.68.